The van der Waals surface area contributed by atoms with Crippen molar-refractivity contribution in [2.24, 2.45) is 11.7 Å². The number of aromatic nitrogens is 1. The van der Waals surface area contributed by atoms with Crippen molar-refractivity contribution in [3.63, 3.8) is 0 Å². The number of halogens is 1. The average Bonchev–Trinajstić information content (AvgIpc) is 3.66. The summed E-state index contributed by atoms with van der Waals surface area (Å²) >= 11 is 6.34. The predicted octanol–water partition coefficient (Wildman–Crippen LogP) is 8.44. The highest BCUT2D eigenvalue weighted by molar-refractivity contribution is 6.35. The number of piperidine rings is 1. The lowest BCUT2D eigenvalue weighted by Gasteiger charge is -2.39. The number of rotatable bonds is 10. The highest BCUT2D eigenvalue weighted by Crippen LogP contribution is 2.44. The van der Waals surface area contributed by atoms with Crippen LogP contribution in [0.1, 0.15) is 65.6 Å². The molecular formula is C41H43ClN4O3. The van der Waals surface area contributed by atoms with Crippen LogP contribution in [0.5, 0.6) is 0 Å². The largest absolute Gasteiger partial charge is 0.448 e. The molecule has 7 nitrogen and oxygen atoms in total. The minimum absolute atomic E-state index is 0.0883. The van der Waals surface area contributed by atoms with Gasteiger partial charge in [0.25, 0.3) is 0 Å². The number of amides is 1. The molecule has 1 aliphatic carbocycles. The number of nitrogens with zero attached hydrogens (tertiary/aromatic N) is 2. The van der Waals surface area contributed by atoms with E-state index in [0.717, 1.165) is 53.5 Å². The van der Waals surface area contributed by atoms with Crippen LogP contribution in [0.4, 0.5) is 4.79 Å². The van der Waals surface area contributed by atoms with E-state index < -0.39 is 18.2 Å². The Morgan fingerprint density at radius 2 is 1.55 bits per heavy atom. The standard InChI is InChI=1S/C41H43ClN4O3/c1-26(2)45-20-18-27(19-21-45)24-46(41(48)49-25-35-32-14-8-6-12-30(32)31-13-7-9-15-33(31)35)40(43)38(28-10-4-3-5-11-28)39(47)29-16-17-34-36(42)23-44-37(34)22-29/h3-17,22-23,26-27,35,38,40,44H,18-21,24-25,43H2,1-2H3/t38?,40-/m1/s1. The van der Waals surface area contributed by atoms with Gasteiger partial charge >= 0.3 is 6.09 Å². The Hall–Kier alpha value is -4.43. The van der Waals surface area contributed by atoms with Crippen molar-refractivity contribution >= 4 is 34.4 Å². The van der Waals surface area contributed by atoms with Gasteiger partial charge in [0.15, 0.2) is 5.78 Å². The Morgan fingerprint density at radius 1 is 0.918 bits per heavy atom. The fourth-order valence-corrected chi connectivity index (χ4v) is 7.91. The molecule has 2 heterocycles. The number of hydrogen-bond donors (Lipinski definition) is 2. The van der Waals surface area contributed by atoms with Crippen LogP contribution in [0.3, 0.4) is 0 Å². The van der Waals surface area contributed by atoms with Crippen LogP contribution in [-0.4, -0.2) is 65.1 Å². The molecule has 0 bridgehead atoms. The second-order valence-corrected chi connectivity index (χ2v) is 14.1. The molecule has 4 aromatic carbocycles. The van der Waals surface area contributed by atoms with E-state index in [1.165, 1.54) is 11.1 Å². The van der Waals surface area contributed by atoms with Gasteiger partial charge in [0.1, 0.15) is 6.61 Å². The third kappa shape index (κ3) is 6.63. The zero-order valence-corrected chi connectivity index (χ0v) is 28.8. The SMILES string of the molecule is CC(C)N1CCC(CN(C(=O)OCC2c3ccccc3-c3ccccc32)[C@@H](N)C(C(=O)c2ccc3c(Cl)c[nH]c3c2)c2ccccc2)CC1. The highest BCUT2D eigenvalue weighted by Gasteiger charge is 2.38. The van der Waals surface area contributed by atoms with Gasteiger partial charge in [-0.25, -0.2) is 4.79 Å². The summed E-state index contributed by atoms with van der Waals surface area (Å²) in [6.45, 7) is 6.93. The normalized spacial score (nSPS) is 16.3. The van der Waals surface area contributed by atoms with Crippen molar-refractivity contribution in [2.45, 2.75) is 50.7 Å². The number of hydrogen-bond acceptors (Lipinski definition) is 5. The summed E-state index contributed by atoms with van der Waals surface area (Å²) in [5.74, 6) is -0.849. The van der Waals surface area contributed by atoms with Crippen LogP contribution in [0.2, 0.25) is 5.02 Å². The molecule has 252 valence electrons. The van der Waals surface area contributed by atoms with Crippen LogP contribution in [0.15, 0.2) is 103 Å². The van der Waals surface area contributed by atoms with E-state index in [4.69, 9.17) is 22.1 Å². The van der Waals surface area contributed by atoms with Crippen molar-refractivity contribution in [3.8, 4) is 11.1 Å². The molecule has 0 spiro atoms. The third-order valence-electron chi connectivity index (χ3n) is 10.5. The molecule has 5 aromatic rings. The van der Waals surface area contributed by atoms with Gasteiger partial charge < -0.3 is 20.4 Å². The first kappa shape index (κ1) is 33.1. The number of carbonyl (C=O) groups excluding carboxylic acids is 2. The Morgan fingerprint density at radius 3 is 2.20 bits per heavy atom. The number of ether oxygens (including phenoxy) is 1. The third-order valence-corrected chi connectivity index (χ3v) is 10.8. The monoisotopic (exact) mass is 674 g/mol. The lowest BCUT2D eigenvalue weighted by atomic mass is 9.86. The molecule has 7 rings (SSSR count). The molecule has 1 fully saturated rings. The molecule has 1 aliphatic heterocycles. The van der Waals surface area contributed by atoms with Crippen LogP contribution >= 0.6 is 11.6 Å². The predicted molar refractivity (Wildman–Crippen MR) is 196 cm³/mol. The average molecular weight is 675 g/mol. The van der Waals surface area contributed by atoms with E-state index in [1.807, 2.05) is 66.7 Å². The smallest absolute Gasteiger partial charge is 0.411 e. The zero-order chi connectivity index (χ0) is 34.1. The summed E-state index contributed by atoms with van der Waals surface area (Å²) in [5.41, 5.74) is 13.8. The molecule has 2 atom stereocenters. The number of aromatic amines is 1. The number of benzene rings is 4. The van der Waals surface area contributed by atoms with Crippen molar-refractivity contribution in [1.29, 1.82) is 0 Å². The molecule has 1 aromatic heterocycles. The molecular weight excluding hydrogens is 632 g/mol. The van der Waals surface area contributed by atoms with Crippen molar-refractivity contribution in [3.05, 3.63) is 131 Å². The number of fused-ring (bicyclic) bond motifs is 4. The maximum Gasteiger partial charge on any atom is 0.411 e. The van der Waals surface area contributed by atoms with Gasteiger partial charge in [-0.15, -0.1) is 0 Å². The molecule has 1 unspecified atom stereocenters. The van der Waals surface area contributed by atoms with Gasteiger partial charge in [0, 0.05) is 41.2 Å². The van der Waals surface area contributed by atoms with E-state index in [9.17, 15) is 9.59 Å². The molecule has 0 radical (unpaired) electrons. The molecule has 8 heteroatoms. The van der Waals surface area contributed by atoms with Crippen LogP contribution in [-0.2, 0) is 4.74 Å². The fraction of sp³-hybridized carbons (Fsp3) is 0.317. The Balaban J connectivity index is 1.20. The molecule has 2 aliphatic rings. The number of carbonyl (C=O) groups is 2. The topological polar surface area (TPSA) is 91.7 Å². The number of ketones is 1. The van der Waals surface area contributed by atoms with Crippen LogP contribution in [0, 0.1) is 5.92 Å². The van der Waals surface area contributed by atoms with Crippen LogP contribution < -0.4 is 5.73 Å². The highest BCUT2D eigenvalue weighted by atomic mass is 35.5. The van der Waals surface area contributed by atoms with Gasteiger partial charge in [-0.1, -0.05) is 103 Å². The van der Waals surface area contributed by atoms with Gasteiger partial charge in [0.05, 0.1) is 17.1 Å². The molecule has 1 saturated heterocycles. The molecule has 49 heavy (non-hydrogen) atoms. The Bertz CT molecular complexity index is 1900. The zero-order valence-electron chi connectivity index (χ0n) is 28.0. The second kappa shape index (κ2) is 14.2. The van der Waals surface area contributed by atoms with Crippen molar-refractivity contribution < 1.29 is 14.3 Å². The van der Waals surface area contributed by atoms with Crippen LogP contribution in [0.25, 0.3) is 22.0 Å². The second-order valence-electron chi connectivity index (χ2n) is 13.7. The van der Waals surface area contributed by atoms with Crippen molar-refractivity contribution in [2.75, 3.05) is 26.2 Å². The minimum Gasteiger partial charge on any atom is -0.448 e. The summed E-state index contributed by atoms with van der Waals surface area (Å²) in [7, 11) is 0. The van der Waals surface area contributed by atoms with Gasteiger partial charge in [-0.05, 0) is 79.6 Å². The lowest BCUT2D eigenvalue weighted by Crippen LogP contribution is -2.54. The summed E-state index contributed by atoms with van der Waals surface area (Å²) < 4.78 is 6.22. The number of H-pyrrole nitrogens is 1. The van der Waals surface area contributed by atoms with E-state index in [-0.39, 0.29) is 24.2 Å². The number of likely N-dealkylation sites (tertiary alicyclic amines) is 1. The summed E-state index contributed by atoms with van der Waals surface area (Å²) in [5, 5.41) is 1.43. The van der Waals surface area contributed by atoms with Gasteiger partial charge in [-0.3, -0.25) is 9.69 Å². The quantitative estimate of drug-likeness (QED) is 0.115. The maximum absolute atomic E-state index is 14.5. The van der Waals surface area contributed by atoms with Crippen molar-refractivity contribution in [1.82, 2.24) is 14.8 Å². The summed E-state index contributed by atoms with van der Waals surface area (Å²) in [6.07, 6.45) is 2.13. The van der Waals surface area contributed by atoms with Gasteiger partial charge in [0.2, 0.25) is 0 Å². The molecule has 3 N–H and O–H groups in total. The van der Waals surface area contributed by atoms with E-state index >= 15 is 0 Å². The number of Topliss-reactive ketones (excluding diaryl/α,β-unsaturated/α-hetero) is 1. The summed E-state index contributed by atoms with van der Waals surface area (Å²) in [6, 6.07) is 32.0. The Labute approximate surface area is 293 Å². The first-order chi connectivity index (χ1) is 23.8. The van der Waals surface area contributed by atoms with E-state index in [1.54, 1.807) is 17.2 Å². The number of nitrogens with one attached hydrogen (secondary N) is 1. The molecule has 0 saturated carbocycles. The molecule has 1 amide bonds. The van der Waals surface area contributed by atoms with Gasteiger partial charge in [-0.2, -0.15) is 0 Å². The van der Waals surface area contributed by atoms with E-state index in [2.05, 4.69) is 48.0 Å². The summed E-state index contributed by atoms with van der Waals surface area (Å²) in [4.78, 5) is 36.1. The minimum atomic E-state index is -0.961. The van der Waals surface area contributed by atoms with E-state index in [0.29, 0.717) is 23.2 Å². The number of nitrogens with two attached hydrogens (primary N) is 1. The lowest BCUT2D eigenvalue weighted by molar-refractivity contribution is 0.0564. The first-order valence-electron chi connectivity index (χ1n) is 17.3. The Kier molecular flexibility index (Phi) is 9.59. The fourth-order valence-electron chi connectivity index (χ4n) is 7.69. The first-order valence-corrected chi connectivity index (χ1v) is 17.6. The maximum atomic E-state index is 14.5.